The molecular formula is C22H42N4O2. The summed E-state index contributed by atoms with van der Waals surface area (Å²) < 4.78 is 5.14. The summed E-state index contributed by atoms with van der Waals surface area (Å²) in [6.07, 6.45) is 9.90. The van der Waals surface area contributed by atoms with Gasteiger partial charge in [-0.05, 0) is 58.5 Å². The summed E-state index contributed by atoms with van der Waals surface area (Å²) in [5, 5.41) is 7.80. The van der Waals surface area contributed by atoms with Gasteiger partial charge < -0.3 is 25.2 Å². The number of carbonyl (C=O) groups excluding carboxylic acids is 1. The highest BCUT2D eigenvalue weighted by Crippen LogP contribution is 2.24. The second-order valence-corrected chi connectivity index (χ2v) is 9.21. The molecule has 1 saturated carbocycles. The molecule has 0 spiro atoms. The zero-order valence-corrected chi connectivity index (χ0v) is 18.3. The average molecular weight is 395 g/mol. The van der Waals surface area contributed by atoms with Crippen LogP contribution in [0, 0.1) is 0 Å². The van der Waals surface area contributed by atoms with Crippen LogP contribution in [-0.4, -0.2) is 78.9 Å². The molecule has 0 unspecified atom stereocenters. The molecule has 3 fully saturated rings. The van der Waals surface area contributed by atoms with Crippen LogP contribution in [0.25, 0.3) is 0 Å². The van der Waals surface area contributed by atoms with Gasteiger partial charge in [0.1, 0.15) is 0 Å². The summed E-state index contributed by atoms with van der Waals surface area (Å²) in [5.74, 6) is 0. The summed E-state index contributed by atoms with van der Waals surface area (Å²) in [4.78, 5) is 16.4. The second-order valence-electron chi connectivity index (χ2n) is 9.21. The Morgan fingerprint density at radius 2 is 1.61 bits per heavy atom. The molecular weight excluding hydrogens is 352 g/mol. The van der Waals surface area contributed by atoms with Gasteiger partial charge in [-0.25, -0.2) is 4.79 Å². The highest BCUT2D eigenvalue weighted by molar-refractivity contribution is 5.67. The minimum atomic E-state index is -0.138. The van der Waals surface area contributed by atoms with Gasteiger partial charge in [-0.15, -0.1) is 0 Å². The number of nitrogens with one attached hydrogen (secondary N) is 2. The van der Waals surface area contributed by atoms with Crippen molar-refractivity contribution >= 4 is 6.09 Å². The lowest BCUT2D eigenvalue weighted by atomic mass is 9.88. The number of ether oxygens (including phenoxy) is 1. The van der Waals surface area contributed by atoms with E-state index in [1.54, 1.807) is 0 Å². The second kappa shape index (κ2) is 10.8. The van der Waals surface area contributed by atoms with E-state index in [1.165, 1.54) is 51.6 Å². The van der Waals surface area contributed by atoms with Gasteiger partial charge in [-0.1, -0.05) is 26.7 Å². The minimum absolute atomic E-state index is 0.138. The third-order valence-electron chi connectivity index (χ3n) is 6.80. The SMILES string of the molecule is CCOC(=O)N1CCC(N2CCC(N[C@H]3CCCC[C@@H]3NC(C)C)CC2)CC1. The van der Waals surface area contributed by atoms with Gasteiger partial charge >= 0.3 is 6.09 Å². The van der Waals surface area contributed by atoms with Crippen molar-refractivity contribution in [2.45, 2.75) is 102 Å². The van der Waals surface area contributed by atoms with E-state index in [-0.39, 0.29) is 6.09 Å². The number of hydrogen-bond donors (Lipinski definition) is 2. The first kappa shape index (κ1) is 21.8. The molecule has 1 amide bonds. The highest BCUT2D eigenvalue weighted by Gasteiger charge is 2.32. The molecule has 2 atom stereocenters. The molecule has 1 aliphatic carbocycles. The van der Waals surface area contributed by atoms with E-state index in [1.807, 2.05) is 11.8 Å². The standard InChI is InChI=1S/C22H42N4O2/c1-4-28-22(27)26-15-11-19(12-16-26)25-13-9-18(10-14-25)24-21-8-6-5-7-20(21)23-17(2)3/h17-21,23-24H,4-16H2,1-3H3/t20-,21-/m0/s1. The number of amides is 1. The fourth-order valence-corrected chi connectivity index (χ4v) is 5.32. The first-order valence-corrected chi connectivity index (χ1v) is 11.7. The minimum Gasteiger partial charge on any atom is -0.450 e. The molecule has 3 aliphatic rings. The Labute approximate surface area is 171 Å². The van der Waals surface area contributed by atoms with Gasteiger partial charge in [-0.2, -0.15) is 0 Å². The predicted molar refractivity (Wildman–Crippen MR) is 114 cm³/mol. The Kier molecular flexibility index (Phi) is 8.42. The van der Waals surface area contributed by atoms with Crippen molar-refractivity contribution < 1.29 is 9.53 Å². The molecule has 6 heteroatoms. The van der Waals surface area contributed by atoms with E-state index in [9.17, 15) is 4.79 Å². The Balaban J connectivity index is 1.39. The van der Waals surface area contributed by atoms with Crippen LogP contribution in [0.5, 0.6) is 0 Å². The predicted octanol–water partition coefficient (Wildman–Crippen LogP) is 2.97. The molecule has 2 N–H and O–H groups in total. The van der Waals surface area contributed by atoms with Crippen molar-refractivity contribution in [2.24, 2.45) is 0 Å². The monoisotopic (exact) mass is 394 g/mol. The molecule has 2 heterocycles. The number of nitrogens with zero attached hydrogens (tertiary/aromatic N) is 2. The fourth-order valence-electron chi connectivity index (χ4n) is 5.32. The number of rotatable bonds is 6. The van der Waals surface area contributed by atoms with E-state index in [4.69, 9.17) is 4.74 Å². The molecule has 0 bridgehead atoms. The maximum atomic E-state index is 11.9. The van der Waals surface area contributed by atoms with Crippen LogP contribution in [0.2, 0.25) is 0 Å². The summed E-state index contributed by atoms with van der Waals surface area (Å²) in [6, 6.07) is 3.14. The molecule has 2 saturated heterocycles. The lowest BCUT2D eigenvalue weighted by Gasteiger charge is -2.43. The van der Waals surface area contributed by atoms with Crippen molar-refractivity contribution in [1.29, 1.82) is 0 Å². The van der Waals surface area contributed by atoms with Crippen LogP contribution in [0.15, 0.2) is 0 Å². The Morgan fingerprint density at radius 1 is 0.964 bits per heavy atom. The van der Waals surface area contributed by atoms with E-state index >= 15 is 0 Å². The summed E-state index contributed by atoms with van der Waals surface area (Å²) >= 11 is 0. The quantitative estimate of drug-likeness (QED) is 0.725. The zero-order valence-electron chi connectivity index (χ0n) is 18.3. The average Bonchev–Trinajstić information content (AvgIpc) is 2.70. The Hall–Kier alpha value is -0.850. The van der Waals surface area contributed by atoms with Crippen LogP contribution in [0.1, 0.15) is 72.1 Å². The van der Waals surface area contributed by atoms with E-state index in [0.29, 0.717) is 36.8 Å². The van der Waals surface area contributed by atoms with Gasteiger partial charge in [0.05, 0.1) is 6.61 Å². The topological polar surface area (TPSA) is 56.8 Å². The molecule has 0 radical (unpaired) electrons. The first-order chi connectivity index (χ1) is 13.6. The number of carbonyl (C=O) groups is 1. The van der Waals surface area contributed by atoms with Crippen molar-refractivity contribution in [3.8, 4) is 0 Å². The third-order valence-corrected chi connectivity index (χ3v) is 6.80. The fraction of sp³-hybridized carbons (Fsp3) is 0.955. The van der Waals surface area contributed by atoms with Crippen LogP contribution in [-0.2, 0) is 4.74 Å². The van der Waals surface area contributed by atoms with E-state index in [0.717, 1.165) is 25.9 Å². The normalized spacial score (nSPS) is 28.6. The van der Waals surface area contributed by atoms with Gasteiger partial charge in [0, 0.05) is 43.3 Å². The smallest absolute Gasteiger partial charge is 0.409 e. The zero-order chi connectivity index (χ0) is 19.9. The maximum Gasteiger partial charge on any atom is 0.409 e. The lowest BCUT2D eigenvalue weighted by Crippen LogP contribution is -2.57. The van der Waals surface area contributed by atoms with E-state index < -0.39 is 0 Å². The number of hydrogen-bond acceptors (Lipinski definition) is 5. The van der Waals surface area contributed by atoms with Crippen molar-refractivity contribution in [1.82, 2.24) is 20.4 Å². The molecule has 3 rings (SSSR count). The molecule has 28 heavy (non-hydrogen) atoms. The van der Waals surface area contributed by atoms with Crippen LogP contribution in [0.4, 0.5) is 4.79 Å². The van der Waals surface area contributed by atoms with Gasteiger partial charge in [0.2, 0.25) is 0 Å². The molecule has 6 nitrogen and oxygen atoms in total. The Morgan fingerprint density at radius 3 is 2.21 bits per heavy atom. The van der Waals surface area contributed by atoms with Crippen LogP contribution >= 0.6 is 0 Å². The van der Waals surface area contributed by atoms with Gasteiger partial charge in [0.15, 0.2) is 0 Å². The van der Waals surface area contributed by atoms with E-state index in [2.05, 4.69) is 29.4 Å². The van der Waals surface area contributed by atoms with Crippen LogP contribution < -0.4 is 10.6 Å². The first-order valence-electron chi connectivity index (χ1n) is 11.7. The third kappa shape index (κ3) is 6.07. The van der Waals surface area contributed by atoms with Crippen molar-refractivity contribution in [2.75, 3.05) is 32.8 Å². The maximum absolute atomic E-state index is 11.9. The van der Waals surface area contributed by atoms with Crippen molar-refractivity contribution in [3.63, 3.8) is 0 Å². The summed E-state index contributed by atoms with van der Waals surface area (Å²) in [5.41, 5.74) is 0. The molecule has 0 aromatic carbocycles. The number of piperidine rings is 2. The largest absolute Gasteiger partial charge is 0.450 e. The molecule has 2 aliphatic heterocycles. The molecule has 0 aromatic heterocycles. The summed E-state index contributed by atoms with van der Waals surface area (Å²) in [6.45, 7) is 10.9. The van der Waals surface area contributed by atoms with Gasteiger partial charge in [-0.3, -0.25) is 0 Å². The molecule has 0 aromatic rings. The number of likely N-dealkylation sites (tertiary alicyclic amines) is 2. The lowest BCUT2D eigenvalue weighted by molar-refractivity contribution is 0.0629. The van der Waals surface area contributed by atoms with Crippen LogP contribution in [0.3, 0.4) is 0 Å². The molecule has 162 valence electrons. The summed E-state index contributed by atoms with van der Waals surface area (Å²) in [7, 11) is 0. The van der Waals surface area contributed by atoms with Crippen molar-refractivity contribution in [3.05, 3.63) is 0 Å². The highest BCUT2D eigenvalue weighted by atomic mass is 16.6. The van der Waals surface area contributed by atoms with Gasteiger partial charge in [0.25, 0.3) is 0 Å². The Bertz CT molecular complexity index is 471.